The molecule has 0 aliphatic heterocycles. The van der Waals surface area contributed by atoms with Gasteiger partial charge in [0.25, 0.3) is 0 Å². The van der Waals surface area contributed by atoms with E-state index in [1.165, 1.54) is 0 Å². The van der Waals surface area contributed by atoms with Gasteiger partial charge in [0, 0.05) is 23.0 Å². The first-order chi connectivity index (χ1) is 14.9. The van der Waals surface area contributed by atoms with Crippen molar-refractivity contribution in [3.05, 3.63) is 41.5 Å². The second-order valence-corrected chi connectivity index (χ2v) is 10.2. The topological polar surface area (TPSA) is 72.5 Å². The molecular weight excluding hydrogens is 410 g/mol. The lowest BCUT2D eigenvalue weighted by Gasteiger charge is -2.26. The van der Waals surface area contributed by atoms with E-state index >= 15 is 0 Å². The van der Waals surface area contributed by atoms with E-state index in [-0.39, 0.29) is 29.6 Å². The molecule has 0 spiro atoms. The predicted molar refractivity (Wildman–Crippen MR) is 122 cm³/mol. The first kappa shape index (κ1) is 22.1. The van der Waals surface area contributed by atoms with Crippen LogP contribution in [0.5, 0.6) is 0 Å². The van der Waals surface area contributed by atoms with Crippen molar-refractivity contribution < 1.29 is 19.1 Å². The first-order valence-corrected chi connectivity index (χ1v) is 12.7. The zero-order valence-electron chi connectivity index (χ0n) is 18.4. The van der Waals surface area contributed by atoms with E-state index in [4.69, 9.17) is 4.74 Å². The Morgan fingerprint density at radius 3 is 2.45 bits per heavy atom. The second-order valence-electron chi connectivity index (χ2n) is 9.20. The van der Waals surface area contributed by atoms with Crippen LogP contribution >= 0.6 is 11.8 Å². The molecule has 1 N–H and O–H groups in total. The van der Waals surface area contributed by atoms with Gasteiger partial charge in [-0.25, -0.2) is 4.79 Å². The molecule has 5 atom stereocenters. The molecule has 1 aromatic rings. The molecule has 2 saturated carbocycles. The summed E-state index contributed by atoms with van der Waals surface area (Å²) < 4.78 is 5.40. The maximum Gasteiger partial charge on any atom is 0.328 e. The summed E-state index contributed by atoms with van der Waals surface area (Å²) in [5, 5.41) is 2.95. The molecule has 31 heavy (non-hydrogen) atoms. The smallest absolute Gasteiger partial charge is 0.328 e. The molecular formula is C25H31NO4S. The number of carbonyl (C=O) groups excluding carboxylic acids is 3. The summed E-state index contributed by atoms with van der Waals surface area (Å²) >= 11 is 1.62. The SMILES string of the molecule is CSCC[C@H](NC(=O)C1=C(c2ccccc2)C(=O)[C@@H]2[C@H]3CC[C@H](C3)[C@H]12)C(=O)OC(C)C. The van der Waals surface area contributed by atoms with Gasteiger partial charge in [-0.3, -0.25) is 9.59 Å². The Hall–Kier alpha value is -2.08. The number of carbonyl (C=O) groups is 3. The number of nitrogens with one attached hydrogen (secondary N) is 1. The number of fused-ring (bicyclic) bond motifs is 5. The third-order valence-electron chi connectivity index (χ3n) is 6.93. The maximum atomic E-state index is 13.6. The molecule has 1 aromatic carbocycles. The van der Waals surface area contributed by atoms with Crippen LogP contribution in [0.4, 0.5) is 0 Å². The van der Waals surface area contributed by atoms with Gasteiger partial charge in [-0.05, 0) is 68.9 Å². The van der Waals surface area contributed by atoms with Crippen LogP contribution in [0.2, 0.25) is 0 Å². The average Bonchev–Trinajstić information content (AvgIpc) is 3.43. The van der Waals surface area contributed by atoms with E-state index < -0.39 is 12.0 Å². The fourth-order valence-electron chi connectivity index (χ4n) is 5.75. The van der Waals surface area contributed by atoms with Crippen molar-refractivity contribution in [3.8, 4) is 0 Å². The highest BCUT2D eigenvalue weighted by molar-refractivity contribution is 7.98. The molecule has 2 fully saturated rings. The predicted octanol–water partition coefficient (Wildman–Crippen LogP) is 3.87. The molecule has 0 saturated heterocycles. The van der Waals surface area contributed by atoms with Crippen LogP contribution < -0.4 is 5.32 Å². The summed E-state index contributed by atoms with van der Waals surface area (Å²) in [5.74, 6) is 0.813. The minimum atomic E-state index is -0.709. The van der Waals surface area contributed by atoms with Crippen molar-refractivity contribution in [1.29, 1.82) is 0 Å². The molecule has 1 amide bonds. The number of hydrogen-bond donors (Lipinski definition) is 1. The zero-order chi connectivity index (χ0) is 22.1. The monoisotopic (exact) mass is 441 g/mol. The average molecular weight is 442 g/mol. The fraction of sp³-hybridized carbons (Fsp3) is 0.560. The van der Waals surface area contributed by atoms with Crippen molar-refractivity contribution in [2.24, 2.45) is 23.7 Å². The van der Waals surface area contributed by atoms with E-state index in [0.29, 0.717) is 29.4 Å². The van der Waals surface area contributed by atoms with Crippen LogP contribution in [-0.4, -0.2) is 41.8 Å². The molecule has 166 valence electrons. The summed E-state index contributed by atoms with van der Waals surface area (Å²) in [7, 11) is 0. The van der Waals surface area contributed by atoms with Crippen LogP contribution in [0.3, 0.4) is 0 Å². The third-order valence-corrected chi connectivity index (χ3v) is 7.57. The number of allylic oxidation sites excluding steroid dienone is 1. The van der Waals surface area contributed by atoms with Gasteiger partial charge in [0.1, 0.15) is 6.04 Å². The van der Waals surface area contributed by atoms with Crippen LogP contribution in [0.25, 0.3) is 5.57 Å². The summed E-state index contributed by atoms with van der Waals surface area (Å²) in [6, 6.07) is 8.81. The van der Waals surface area contributed by atoms with Gasteiger partial charge in [-0.15, -0.1) is 0 Å². The summed E-state index contributed by atoms with van der Waals surface area (Å²) in [6.07, 6.45) is 5.40. The second kappa shape index (κ2) is 9.19. The zero-order valence-corrected chi connectivity index (χ0v) is 19.2. The van der Waals surface area contributed by atoms with Crippen molar-refractivity contribution in [2.75, 3.05) is 12.0 Å². The van der Waals surface area contributed by atoms with Crippen LogP contribution in [-0.2, 0) is 19.1 Å². The molecule has 6 heteroatoms. The molecule has 0 heterocycles. The van der Waals surface area contributed by atoms with Crippen LogP contribution in [0, 0.1) is 23.7 Å². The standard InChI is InChI=1S/C25H31NO4S/c1-14(2)30-25(29)18(11-12-31-3)26-24(28)22-19-16-9-10-17(13-16)21(19)23(27)20(22)15-7-5-4-6-8-15/h4-8,14,16-19,21H,9-13H2,1-3H3,(H,26,28)/t16-,17+,18+,19+,21-/m1/s1. The van der Waals surface area contributed by atoms with E-state index in [9.17, 15) is 14.4 Å². The molecule has 0 radical (unpaired) electrons. The number of Topliss-reactive ketones (excluding diaryl/α,β-unsaturated/α-hetero) is 1. The maximum absolute atomic E-state index is 13.6. The fourth-order valence-corrected chi connectivity index (χ4v) is 6.22. The normalized spacial score (nSPS) is 27.5. The van der Waals surface area contributed by atoms with Gasteiger partial charge in [0.05, 0.1) is 6.10 Å². The number of rotatable bonds is 8. The van der Waals surface area contributed by atoms with Gasteiger partial charge in [-0.2, -0.15) is 11.8 Å². The van der Waals surface area contributed by atoms with E-state index in [0.717, 1.165) is 30.6 Å². The molecule has 3 aliphatic rings. The molecule has 4 rings (SSSR count). The minimum Gasteiger partial charge on any atom is -0.461 e. The number of esters is 1. The summed E-state index contributed by atoms with van der Waals surface area (Å²) in [5.41, 5.74) is 1.96. The third kappa shape index (κ3) is 4.19. The van der Waals surface area contributed by atoms with Crippen molar-refractivity contribution in [1.82, 2.24) is 5.32 Å². The molecule has 0 unspecified atom stereocenters. The summed E-state index contributed by atoms with van der Waals surface area (Å²) in [4.78, 5) is 39.8. The van der Waals surface area contributed by atoms with Gasteiger partial charge in [0.15, 0.2) is 5.78 Å². The van der Waals surface area contributed by atoms with Crippen molar-refractivity contribution in [2.45, 2.75) is 51.7 Å². The number of thioether (sulfide) groups is 1. The molecule has 2 bridgehead atoms. The lowest BCUT2D eigenvalue weighted by Crippen LogP contribution is -2.44. The Balaban J connectivity index is 1.67. The van der Waals surface area contributed by atoms with Gasteiger partial charge in [-0.1, -0.05) is 30.3 Å². The number of hydrogen-bond acceptors (Lipinski definition) is 5. The largest absolute Gasteiger partial charge is 0.461 e. The molecule has 0 aromatic heterocycles. The lowest BCUT2D eigenvalue weighted by molar-refractivity contribution is -0.151. The van der Waals surface area contributed by atoms with E-state index in [1.807, 2.05) is 36.6 Å². The summed E-state index contributed by atoms with van der Waals surface area (Å²) in [6.45, 7) is 3.60. The lowest BCUT2D eigenvalue weighted by atomic mass is 9.78. The van der Waals surface area contributed by atoms with Crippen LogP contribution in [0.15, 0.2) is 35.9 Å². The van der Waals surface area contributed by atoms with Crippen molar-refractivity contribution >= 4 is 35.0 Å². The van der Waals surface area contributed by atoms with Gasteiger partial charge in [0.2, 0.25) is 5.91 Å². The number of ether oxygens (including phenoxy) is 1. The van der Waals surface area contributed by atoms with E-state index in [1.54, 1.807) is 25.6 Å². The number of ketones is 1. The quantitative estimate of drug-likeness (QED) is 0.620. The Labute approximate surface area is 188 Å². The Morgan fingerprint density at radius 2 is 1.81 bits per heavy atom. The first-order valence-electron chi connectivity index (χ1n) is 11.3. The Kier molecular flexibility index (Phi) is 6.56. The van der Waals surface area contributed by atoms with Gasteiger partial charge < -0.3 is 10.1 Å². The van der Waals surface area contributed by atoms with Gasteiger partial charge >= 0.3 is 5.97 Å². The Bertz CT molecular complexity index is 894. The van der Waals surface area contributed by atoms with Crippen molar-refractivity contribution in [3.63, 3.8) is 0 Å². The highest BCUT2D eigenvalue weighted by atomic mass is 32.2. The van der Waals surface area contributed by atoms with E-state index in [2.05, 4.69) is 5.32 Å². The highest BCUT2D eigenvalue weighted by Gasteiger charge is 2.58. The molecule has 5 nitrogen and oxygen atoms in total. The number of amides is 1. The highest BCUT2D eigenvalue weighted by Crippen LogP contribution is 2.60. The molecule has 3 aliphatic carbocycles. The van der Waals surface area contributed by atoms with Crippen LogP contribution in [0.1, 0.15) is 45.1 Å². The Morgan fingerprint density at radius 1 is 1.13 bits per heavy atom. The minimum absolute atomic E-state index is 0.0243. The number of benzene rings is 1.